The molecule has 0 bridgehead atoms. The maximum absolute atomic E-state index is 2.39. The summed E-state index contributed by atoms with van der Waals surface area (Å²) in [6.07, 6.45) is 3.54. The van der Waals surface area contributed by atoms with E-state index in [-0.39, 0.29) is 4.08 Å². The molecule has 0 aromatic heterocycles. The predicted molar refractivity (Wildman–Crippen MR) is 80.5 cm³/mol. The average molecular weight is 270 g/mol. The van der Waals surface area contributed by atoms with Gasteiger partial charge in [-0.25, -0.2) is 0 Å². The van der Waals surface area contributed by atoms with Crippen molar-refractivity contribution in [2.24, 2.45) is 0 Å². The fourth-order valence-corrected chi connectivity index (χ4v) is 5.68. The van der Waals surface area contributed by atoms with E-state index in [0.717, 1.165) is 5.75 Å². The van der Waals surface area contributed by atoms with Crippen LogP contribution < -0.4 is 0 Å². The number of benzene rings is 1. The Morgan fingerprint density at radius 2 is 1.94 bits per heavy atom. The first-order valence-corrected chi connectivity index (χ1v) is 8.98. The number of hydrogen-bond donors (Lipinski definition) is 0. The lowest BCUT2D eigenvalue weighted by molar-refractivity contribution is 0.949. The summed E-state index contributed by atoms with van der Waals surface area (Å²) in [5.41, 5.74) is 3.05. The topological polar surface area (TPSA) is 0 Å². The molecule has 1 heterocycles. The SMILES string of the molecule is CSCc1ccccc1C1(C)SCCCS1. The maximum Gasteiger partial charge on any atom is 0.0835 e. The summed E-state index contributed by atoms with van der Waals surface area (Å²) in [7, 11) is 0. The van der Waals surface area contributed by atoms with Crippen LogP contribution in [0.3, 0.4) is 0 Å². The van der Waals surface area contributed by atoms with E-state index in [9.17, 15) is 0 Å². The smallest absolute Gasteiger partial charge is 0.0835 e. The minimum absolute atomic E-state index is 0.282. The van der Waals surface area contributed by atoms with E-state index >= 15 is 0 Å². The maximum atomic E-state index is 2.39. The van der Waals surface area contributed by atoms with Gasteiger partial charge in [0.2, 0.25) is 0 Å². The molecule has 0 saturated carbocycles. The average Bonchev–Trinajstić information content (AvgIpc) is 2.31. The van der Waals surface area contributed by atoms with E-state index in [0.29, 0.717) is 0 Å². The molecule has 1 saturated heterocycles. The van der Waals surface area contributed by atoms with Crippen molar-refractivity contribution in [3.8, 4) is 0 Å². The zero-order valence-corrected chi connectivity index (χ0v) is 12.3. The molecule has 1 aliphatic rings. The van der Waals surface area contributed by atoms with Crippen LogP contribution >= 0.6 is 35.3 Å². The third-order valence-electron chi connectivity index (χ3n) is 2.85. The predicted octanol–water partition coefficient (Wildman–Crippen LogP) is 4.59. The first-order valence-electron chi connectivity index (χ1n) is 5.61. The van der Waals surface area contributed by atoms with Gasteiger partial charge < -0.3 is 0 Å². The van der Waals surface area contributed by atoms with E-state index < -0.39 is 0 Å². The van der Waals surface area contributed by atoms with Crippen molar-refractivity contribution in [3.05, 3.63) is 35.4 Å². The Morgan fingerprint density at radius 3 is 2.62 bits per heavy atom. The van der Waals surface area contributed by atoms with E-state index in [2.05, 4.69) is 61.0 Å². The molecule has 2 rings (SSSR count). The molecular formula is C13H18S3. The Labute approximate surface area is 111 Å². The van der Waals surface area contributed by atoms with Gasteiger partial charge in [-0.2, -0.15) is 11.8 Å². The standard InChI is InChI=1S/C13H18S3/c1-13(15-8-5-9-16-13)12-7-4-3-6-11(12)10-14-2/h3-4,6-7H,5,8-10H2,1-2H3. The third kappa shape index (κ3) is 2.74. The summed E-state index contributed by atoms with van der Waals surface area (Å²) >= 11 is 6.14. The van der Waals surface area contributed by atoms with Gasteiger partial charge >= 0.3 is 0 Å². The summed E-state index contributed by atoms with van der Waals surface area (Å²) in [4.78, 5) is 0. The van der Waals surface area contributed by atoms with Crippen molar-refractivity contribution in [2.45, 2.75) is 23.2 Å². The first-order chi connectivity index (χ1) is 7.76. The molecular weight excluding hydrogens is 252 g/mol. The summed E-state index contributed by atoms with van der Waals surface area (Å²) in [6.45, 7) is 2.39. The molecule has 0 amide bonds. The summed E-state index contributed by atoms with van der Waals surface area (Å²) in [5, 5.41) is 0. The molecule has 0 N–H and O–H groups in total. The normalized spacial score (nSPS) is 19.6. The highest BCUT2D eigenvalue weighted by Gasteiger charge is 2.31. The molecule has 0 spiro atoms. The molecule has 16 heavy (non-hydrogen) atoms. The van der Waals surface area contributed by atoms with Crippen LogP contribution in [0.4, 0.5) is 0 Å². The van der Waals surface area contributed by atoms with Crippen LogP contribution in [0.2, 0.25) is 0 Å². The second-order valence-corrected chi connectivity index (χ2v) is 8.24. The minimum Gasteiger partial charge on any atom is -0.161 e. The van der Waals surface area contributed by atoms with Gasteiger partial charge in [0, 0.05) is 5.75 Å². The molecule has 0 unspecified atom stereocenters. The third-order valence-corrected chi connectivity index (χ3v) is 6.68. The minimum atomic E-state index is 0.282. The summed E-state index contributed by atoms with van der Waals surface area (Å²) in [6, 6.07) is 8.94. The quantitative estimate of drug-likeness (QED) is 0.788. The fraction of sp³-hybridized carbons (Fsp3) is 0.538. The highest BCUT2D eigenvalue weighted by atomic mass is 32.2. The lowest BCUT2D eigenvalue weighted by Crippen LogP contribution is -2.20. The van der Waals surface area contributed by atoms with Crippen molar-refractivity contribution in [2.75, 3.05) is 17.8 Å². The molecule has 1 aromatic rings. The van der Waals surface area contributed by atoms with Crippen molar-refractivity contribution < 1.29 is 0 Å². The van der Waals surface area contributed by atoms with Crippen LogP contribution in [-0.2, 0) is 9.83 Å². The van der Waals surface area contributed by atoms with Crippen molar-refractivity contribution in [1.29, 1.82) is 0 Å². The van der Waals surface area contributed by atoms with Gasteiger partial charge in [0.1, 0.15) is 0 Å². The number of hydrogen-bond acceptors (Lipinski definition) is 3. The number of rotatable bonds is 3. The summed E-state index contributed by atoms with van der Waals surface area (Å²) in [5.74, 6) is 3.74. The number of thioether (sulfide) groups is 3. The molecule has 88 valence electrons. The lowest BCUT2D eigenvalue weighted by Gasteiger charge is -2.34. The fourth-order valence-electron chi connectivity index (χ4n) is 2.03. The van der Waals surface area contributed by atoms with Gasteiger partial charge in [0.15, 0.2) is 0 Å². The Bertz CT molecular complexity index is 343. The largest absolute Gasteiger partial charge is 0.161 e. The highest BCUT2D eigenvalue weighted by molar-refractivity contribution is 8.18. The molecule has 0 nitrogen and oxygen atoms in total. The van der Waals surface area contributed by atoms with Gasteiger partial charge in [-0.05, 0) is 42.2 Å². The molecule has 3 heteroatoms. The molecule has 1 aromatic carbocycles. The Kier molecular flexibility index (Phi) is 4.57. The second-order valence-electron chi connectivity index (χ2n) is 4.09. The van der Waals surface area contributed by atoms with E-state index in [4.69, 9.17) is 0 Å². The Hall–Kier alpha value is 0.270. The van der Waals surface area contributed by atoms with Crippen LogP contribution in [0.15, 0.2) is 24.3 Å². The molecule has 1 fully saturated rings. The van der Waals surface area contributed by atoms with Gasteiger partial charge in [-0.3, -0.25) is 0 Å². The zero-order valence-electron chi connectivity index (χ0n) is 9.86. The van der Waals surface area contributed by atoms with Crippen molar-refractivity contribution in [1.82, 2.24) is 0 Å². The molecule has 1 aliphatic heterocycles. The van der Waals surface area contributed by atoms with Gasteiger partial charge in [-0.1, -0.05) is 24.3 Å². The van der Waals surface area contributed by atoms with Crippen LogP contribution in [-0.4, -0.2) is 17.8 Å². The molecule has 0 radical (unpaired) electrons. The molecule has 0 aliphatic carbocycles. The van der Waals surface area contributed by atoms with E-state index in [1.807, 2.05) is 11.8 Å². The lowest BCUT2D eigenvalue weighted by atomic mass is 10.1. The van der Waals surface area contributed by atoms with Gasteiger partial charge in [0.05, 0.1) is 4.08 Å². The second kappa shape index (κ2) is 5.74. The zero-order chi connectivity index (χ0) is 11.4. The summed E-state index contributed by atoms with van der Waals surface area (Å²) < 4.78 is 0.282. The van der Waals surface area contributed by atoms with Crippen LogP contribution in [0.5, 0.6) is 0 Å². The van der Waals surface area contributed by atoms with Crippen LogP contribution in [0.25, 0.3) is 0 Å². The van der Waals surface area contributed by atoms with Crippen molar-refractivity contribution in [3.63, 3.8) is 0 Å². The first kappa shape index (κ1) is 12.7. The van der Waals surface area contributed by atoms with Gasteiger partial charge in [0.25, 0.3) is 0 Å². The Morgan fingerprint density at radius 1 is 1.25 bits per heavy atom. The highest BCUT2D eigenvalue weighted by Crippen LogP contribution is 2.50. The monoisotopic (exact) mass is 270 g/mol. The molecule has 0 atom stereocenters. The van der Waals surface area contributed by atoms with E-state index in [1.54, 1.807) is 5.56 Å². The van der Waals surface area contributed by atoms with Crippen LogP contribution in [0.1, 0.15) is 24.5 Å². The Balaban J connectivity index is 2.30. The van der Waals surface area contributed by atoms with Gasteiger partial charge in [-0.15, -0.1) is 23.5 Å². The van der Waals surface area contributed by atoms with E-state index in [1.165, 1.54) is 23.5 Å². The van der Waals surface area contributed by atoms with Crippen molar-refractivity contribution >= 4 is 35.3 Å². The van der Waals surface area contributed by atoms with Crippen LogP contribution in [0, 0.1) is 0 Å².